The van der Waals surface area contributed by atoms with Crippen molar-refractivity contribution in [1.29, 1.82) is 0 Å². The van der Waals surface area contributed by atoms with E-state index in [-0.39, 0.29) is 6.42 Å². The highest BCUT2D eigenvalue weighted by molar-refractivity contribution is 7.16. The Balaban J connectivity index is 2.42. The van der Waals surface area contributed by atoms with Crippen molar-refractivity contribution in [3.05, 3.63) is 29.3 Å². The molecule has 0 bridgehead atoms. The fourth-order valence-electron chi connectivity index (χ4n) is 1.14. The summed E-state index contributed by atoms with van der Waals surface area (Å²) >= 11 is 1.52. The lowest BCUT2D eigenvalue weighted by Crippen LogP contribution is -2.01. The van der Waals surface area contributed by atoms with Gasteiger partial charge >= 0.3 is 5.97 Å². The van der Waals surface area contributed by atoms with E-state index in [0.717, 1.165) is 10.2 Å². The summed E-state index contributed by atoms with van der Waals surface area (Å²) in [6.45, 7) is 0. The van der Waals surface area contributed by atoms with Crippen LogP contribution in [-0.4, -0.2) is 16.1 Å². The number of fused-ring (bicyclic) bond motifs is 1. The molecule has 0 spiro atoms. The van der Waals surface area contributed by atoms with Gasteiger partial charge in [0.25, 0.3) is 0 Å². The molecule has 2 aromatic heterocycles. The third kappa shape index (κ3) is 1.67. The summed E-state index contributed by atoms with van der Waals surface area (Å²) in [5, 5.41) is 11.6. The molecule has 2 heterocycles. The molecule has 0 aliphatic heterocycles. The molecule has 0 atom stereocenters. The molecule has 66 valence electrons. The number of nitrogens with zero attached hydrogens (tertiary/aromatic N) is 1. The second-order valence-corrected chi connectivity index (χ2v) is 3.58. The minimum atomic E-state index is -0.844. The van der Waals surface area contributed by atoms with Gasteiger partial charge in [-0.15, -0.1) is 11.3 Å². The molecule has 0 aromatic carbocycles. The Labute approximate surface area is 78.7 Å². The lowest BCUT2D eigenvalue weighted by molar-refractivity contribution is -0.136. The van der Waals surface area contributed by atoms with Gasteiger partial charge in [0, 0.05) is 5.39 Å². The van der Waals surface area contributed by atoms with Gasteiger partial charge in [-0.2, -0.15) is 0 Å². The van der Waals surface area contributed by atoms with Crippen LogP contribution in [0, 0.1) is 0 Å². The molecule has 0 unspecified atom stereocenters. The maximum Gasteiger partial charge on any atom is 0.309 e. The van der Waals surface area contributed by atoms with Crippen LogP contribution in [0.25, 0.3) is 10.2 Å². The third-order valence-corrected chi connectivity index (χ3v) is 2.53. The minimum absolute atomic E-state index is 0.00611. The number of hydrogen-bond acceptors (Lipinski definition) is 3. The lowest BCUT2D eigenvalue weighted by atomic mass is 10.2. The van der Waals surface area contributed by atoms with Crippen molar-refractivity contribution in [2.75, 3.05) is 0 Å². The van der Waals surface area contributed by atoms with Crippen LogP contribution in [0.5, 0.6) is 0 Å². The molecule has 1 N–H and O–H groups in total. The summed E-state index contributed by atoms with van der Waals surface area (Å²) in [7, 11) is 0. The predicted octanol–water partition coefficient (Wildman–Crippen LogP) is 1.92. The van der Waals surface area contributed by atoms with Crippen LogP contribution in [0.15, 0.2) is 23.6 Å². The Bertz CT molecular complexity index is 450. The molecule has 2 rings (SSSR count). The minimum Gasteiger partial charge on any atom is -0.481 e. The average molecular weight is 193 g/mol. The zero-order valence-electron chi connectivity index (χ0n) is 6.73. The molecule has 0 saturated carbocycles. The van der Waals surface area contributed by atoms with Gasteiger partial charge in [-0.25, -0.2) is 4.98 Å². The first-order valence-electron chi connectivity index (χ1n) is 3.80. The summed E-state index contributed by atoms with van der Waals surface area (Å²) in [6, 6.07) is 5.62. The number of aliphatic carboxylic acids is 1. The fourth-order valence-corrected chi connectivity index (χ4v) is 1.92. The standard InChI is InChI=1S/C9H7NO2S/c11-8(12)5-7-2-1-6-3-4-13-9(6)10-7/h1-4H,5H2,(H,11,12). The molecule has 3 nitrogen and oxygen atoms in total. The smallest absolute Gasteiger partial charge is 0.309 e. The van der Waals surface area contributed by atoms with Gasteiger partial charge in [0.05, 0.1) is 12.1 Å². The van der Waals surface area contributed by atoms with Crippen LogP contribution in [0.3, 0.4) is 0 Å². The van der Waals surface area contributed by atoms with Crippen LogP contribution < -0.4 is 0 Å². The largest absolute Gasteiger partial charge is 0.481 e. The number of carbonyl (C=O) groups is 1. The summed E-state index contributed by atoms with van der Waals surface area (Å²) < 4.78 is 0. The number of rotatable bonds is 2. The van der Waals surface area contributed by atoms with Gasteiger partial charge in [-0.1, -0.05) is 6.07 Å². The molecule has 2 aromatic rings. The molecular formula is C9H7NO2S. The summed E-state index contributed by atoms with van der Waals surface area (Å²) in [4.78, 5) is 15.5. The van der Waals surface area contributed by atoms with E-state index in [0.29, 0.717) is 5.69 Å². The number of hydrogen-bond donors (Lipinski definition) is 1. The Morgan fingerprint density at radius 2 is 2.31 bits per heavy atom. The zero-order valence-corrected chi connectivity index (χ0v) is 7.54. The van der Waals surface area contributed by atoms with Crippen molar-refractivity contribution in [1.82, 2.24) is 4.98 Å². The van der Waals surface area contributed by atoms with E-state index in [4.69, 9.17) is 5.11 Å². The van der Waals surface area contributed by atoms with Gasteiger partial charge < -0.3 is 5.11 Å². The van der Waals surface area contributed by atoms with Crippen LogP contribution in [0.1, 0.15) is 5.69 Å². The zero-order chi connectivity index (χ0) is 9.26. The molecule has 0 aliphatic rings. The molecule has 0 radical (unpaired) electrons. The molecular weight excluding hydrogens is 186 g/mol. The van der Waals surface area contributed by atoms with Crippen molar-refractivity contribution in [2.45, 2.75) is 6.42 Å². The Morgan fingerprint density at radius 1 is 1.46 bits per heavy atom. The van der Waals surface area contributed by atoms with E-state index in [9.17, 15) is 4.79 Å². The van der Waals surface area contributed by atoms with E-state index in [2.05, 4.69) is 4.98 Å². The maximum absolute atomic E-state index is 10.4. The Kier molecular flexibility index (Phi) is 1.98. The molecule has 13 heavy (non-hydrogen) atoms. The second-order valence-electron chi connectivity index (χ2n) is 2.69. The molecule has 4 heteroatoms. The van der Waals surface area contributed by atoms with E-state index < -0.39 is 5.97 Å². The van der Waals surface area contributed by atoms with Crippen molar-refractivity contribution >= 4 is 27.5 Å². The first-order chi connectivity index (χ1) is 6.25. The van der Waals surface area contributed by atoms with Crippen LogP contribution in [-0.2, 0) is 11.2 Å². The van der Waals surface area contributed by atoms with Crippen LogP contribution in [0.2, 0.25) is 0 Å². The van der Waals surface area contributed by atoms with E-state index >= 15 is 0 Å². The van der Waals surface area contributed by atoms with E-state index in [1.54, 1.807) is 6.07 Å². The van der Waals surface area contributed by atoms with Gasteiger partial charge in [0.1, 0.15) is 4.83 Å². The highest BCUT2D eigenvalue weighted by atomic mass is 32.1. The monoisotopic (exact) mass is 193 g/mol. The third-order valence-electron chi connectivity index (χ3n) is 1.71. The van der Waals surface area contributed by atoms with Gasteiger partial charge in [0.15, 0.2) is 0 Å². The number of thiophene rings is 1. The number of carboxylic acids is 1. The SMILES string of the molecule is O=C(O)Cc1ccc2ccsc2n1. The Morgan fingerprint density at radius 3 is 3.08 bits per heavy atom. The number of aromatic nitrogens is 1. The van der Waals surface area contributed by atoms with Gasteiger partial charge in [-0.3, -0.25) is 4.79 Å². The molecule has 0 aliphatic carbocycles. The van der Waals surface area contributed by atoms with Crippen molar-refractivity contribution < 1.29 is 9.90 Å². The van der Waals surface area contributed by atoms with Crippen molar-refractivity contribution in [3.63, 3.8) is 0 Å². The number of carboxylic acid groups (broad SMARTS) is 1. The van der Waals surface area contributed by atoms with Crippen molar-refractivity contribution in [2.24, 2.45) is 0 Å². The Hall–Kier alpha value is -1.42. The fraction of sp³-hybridized carbons (Fsp3) is 0.111. The lowest BCUT2D eigenvalue weighted by Gasteiger charge is -1.95. The normalized spacial score (nSPS) is 10.5. The molecule has 0 fully saturated rings. The maximum atomic E-state index is 10.4. The quantitative estimate of drug-likeness (QED) is 0.792. The van der Waals surface area contributed by atoms with Crippen molar-refractivity contribution in [3.8, 4) is 0 Å². The topological polar surface area (TPSA) is 50.2 Å². The first-order valence-corrected chi connectivity index (χ1v) is 4.68. The van der Waals surface area contributed by atoms with E-state index in [1.165, 1.54) is 11.3 Å². The first kappa shape index (κ1) is 8.19. The summed E-state index contributed by atoms with van der Waals surface area (Å²) in [5.74, 6) is -0.844. The second kappa shape index (κ2) is 3.14. The van der Waals surface area contributed by atoms with Gasteiger partial charge in [0.2, 0.25) is 0 Å². The van der Waals surface area contributed by atoms with Crippen LogP contribution in [0.4, 0.5) is 0 Å². The summed E-state index contributed by atoms with van der Waals surface area (Å²) in [6.07, 6.45) is -0.00611. The average Bonchev–Trinajstić information content (AvgIpc) is 2.49. The highest BCUT2D eigenvalue weighted by Gasteiger charge is 2.03. The predicted molar refractivity (Wildman–Crippen MR) is 51.0 cm³/mol. The van der Waals surface area contributed by atoms with E-state index in [1.807, 2.05) is 17.5 Å². The molecule has 0 amide bonds. The van der Waals surface area contributed by atoms with Crippen LogP contribution >= 0.6 is 11.3 Å². The highest BCUT2D eigenvalue weighted by Crippen LogP contribution is 2.18. The number of pyridine rings is 1. The van der Waals surface area contributed by atoms with Gasteiger partial charge in [-0.05, 0) is 17.5 Å². The molecule has 0 saturated heterocycles. The summed E-state index contributed by atoms with van der Waals surface area (Å²) in [5.41, 5.74) is 0.613.